The first kappa shape index (κ1) is 28.8. The first-order valence-electron chi connectivity index (χ1n) is 13.6. The predicted molar refractivity (Wildman–Crippen MR) is 163 cm³/mol. The quantitative estimate of drug-likeness (QED) is 0.0960. The van der Waals surface area contributed by atoms with Crippen molar-refractivity contribution in [1.82, 2.24) is 24.4 Å². The van der Waals surface area contributed by atoms with E-state index in [9.17, 15) is 14.4 Å². The van der Waals surface area contributed by atoms with Gasteiger partial charge in [0.15, 0.2) is 10.9 Å². The lowest BCUT2D eigenvalue weighted by Gasteiger charge is -2.15. The molecule has 10 heteroatoms. The van der Waals surface area contributed by atoms with Crippen LogP contribution in [0, 0.1) is 0 Å². The highest BCUT2D eigenvalue weighted by Gasteiger charge is 2.16. The number of carbonyl (C=O) groups excluding carboxylic acids is 2. The average Bonchev–Trinajstić information content (AvgIpc) is 3.53. The molecule has 1 amide bonds. The molecular formula is C32H31N5O4S. The van der Waals surface area contributed by atoms with Crippen LogP contribution in [0.5, 0.6) is 5.75 Å². The van der Waals surface area contributed by atoms with Gasteiger partial charge in [0.1, 0.15) is 5.75 Å². The third-order valence-electron chi connectivity index (χ3n) is 6.85. The molecule has 0 radical (unpaired) electrons. The van der Waals surface area contributed by atoms with E-state index < -0.39 is 0 Å². The van der Waals surface area contributed by atoms with Crippen molar-refractivity contribution < 1.29 is 14.3 Å². The SMILES string of the molecule is COc1ccc(C(C)=O)cc1CSc1nc2cc(C(=O)NCCCn3ccnc3)ccc2c(=O)n1Cc1ccccc1. The summed E-state index contributed by atoms with van der Waals surface area (Å²) in [5, 5.41) is 3.88. The Balaban J connectivity index is 1.44. The highest BCUT2D eigenvalue weighted by molar-refractivity contribution is 7.98. The molecule has 214 valence electrons. The number of methoxy groups -OCH3 is 1. The zero-order chi connectivity index (χ0) is 29.5. The minimum Gasteiger partial charge on any atom is -0.496 e. The summed E-state index contributed by atoms with van der Waals surface area (Å²) in [6.07, 6.45) is 6.11. The molecule has 0 spiro atoms. The lowest BCUT2D eigenvalue weighted by molar-refractivity contribution is 0.0951. The van der Waals surface area contributed by atoms with Gasteiger partial charge in [-0.25, -0.2) is 9.97 Å². The number of ketones is 1. The molecule has 2 aromatic heterocycles. The van der Waals surface area contributed by atoms with Crippen molar-refractivity contribution in [2.45, 2.75) is 37.3 Å². The number of fused-ring (bicyclic) bond motifs is 1. The number of aromatic nitrogens is 4. The fraction of sp³-hybridized carbons (Fsp3) is 0.219. The molecule has 0 saturated carbocycles. The smallest absolute Gasteiger partial charge is 0.262 e. The van der Waals surface area contributed by atoms with E-state index >= 15 is 0 Å². The maximum atomic E-state index is 13.8. The van der Waals surface area contributed by atoms with Gasteiger partial charge in [0, 0.05) is 47.9 Å². The van der Waals surface area contributed by atoms with E-state index in [-0.39, 0.29) is 17.2 Å². The minimum absolute atomic E-state index is 0.0405. The molecule has 0 aliphatic carbocycles. The molecule has 3 aromatic carbocycles. The molecule has 2 heterocycles. The van der Waals surface area contributed by atoms with Crippen LogP contribution < -0.4 is 15.6 Å². The van der Waals surface area contributed by atoms with Crippen molar-refractivity contribution in [1.29, 1.82) is 0 Å². The number of imidazole rings is 1. The molecule has 5 rings (SSSR count). The summed E-state index contributed by atoms with van der Waals surface area (Å²) in [5.74, 6) is 0.810. The third kappa shape index (κ3) is 6.77. The van der Waals surface area contributed by atoms with Crippen molar-refractivity contribution in [3.05, 3.63) is 118 Å². The number of rotatable bonds is 12. The van der Waals surface area contributed by atoms with E-state index in [0.29, 0.717) is 51.8 Å². The van der Waals surface area contributed by atoms with Gasteiger partial charge in [-0.15, -0.1) is 0 Å². The Kier molecular flexibility index (Phi) is 9.13. The van der Waals surface area contributed by atoms with Crippen molar-refractivity contribution in [2.24, 2.45) is 0 Å². The normalized spacial score (nSPS) is 11.0. The van der Waals surface area contributed by atoms with Crippen LogP contribution in [0.15, 0.2) is 95.4 Å². The molecule has 42 heavy (non-hydrogen) atoms. The standard InChI is InChI=1S/C32H31N5O4S/c1-22(38)24-10-12-29(41-2)26(17-24)20-42-32-35-28-18-25(30(39)34-13-6-15-36-16-14-33-21-36)9-11-27(28)31(40)37(32)19-23-7-4-3-5-8-23/h3-5,7-12,14,16-18,21H,6,13,15,19-20H2,1-2H3,(H,34,39). The Labute approximate surface area is 247 Å². The van der Waals surface area contributed by atoms with Crippen molar-refractivity contribution in [2.75, 3.05) is 13.7 Å². The first-order chi connectivity index (χ1) is 20.4. The topological polar surface area (TPSA) is 108 Å². The number of carbonyl (C=O) groups is 2. The number of thioether (sulfide) groups is 1. The van der Waals surface area contributed by atoms with Crippen LogP contribution >= 0.6 is 11.8 Å². The maximum absolute atomic E-state index is 13.8. The summed E-state index contributed by atoms with van der Waals surface area (Å²) >= 11 is 1.38. The number of nitrogens with one attached hydrogen (secondary N) is 1. The molecule has 0 bridgehead atoms. The van der Waals surface area contributed by atoms with Crippen LogP contribution in [0.25, 0.3) is 10.9 Å². The van der Waals surface area contributed by atoms with Crippen LogP contribution in [0.3, 0.4) is 0 Å². The second-order valence-electron chi connectivity index (χ2n) is 9.78. The lowest BCUT2D eigenvalue weighted by Crippen LogP contribution is -2.26. The summed E-state index contributed by atoms with van der Waals surface area (Å²) in [6.45, 7) is 3.12. The Hall–Kier alpha value is -4.70. The lowest BCUT2D eigenvalue weighted by atomic mass is 10.1. The second kappa shape index (κ2) is 13.3. The summed E-state index contributed by atoms with van der Waals surface area (Å²) in [5.41, 5.74) is 3.06. The highest BCUT2D eigenvalue weighted by Crippen LogP contribution is 2.29. The van der Waals surface area contributed by atoms with Crippen molar-refractivity contribution >= 4 is 34.4 Å². The van der Waals surface area contributed by atoms with Gasteiger partial charge >= 0.3 is 0 Å². The van der Waals surface area contributed by atoms with Crippen LogP contribution in [0.2, 0.25) is 0 Å². The summed E-state index contributed by atoms with van der Waals surface area (Å²) in [7, 11) is 1.58. The highest BCUT2D eigenvalue weighted by atomic mass is 32.2. The zero-order valence-corrected chi connectivity index (χ0v) is 24.3. The fourth-order valence-corrected chi connectivity index (χ4v) is 5.57. The largest absolute Gasteiger partial charge is 0.496 e. The summed E-state index contributed by atoms with van der Waals surface area (Å²) in [4.78, 5) is 47.6. The Morgan fingerprint density at radius 3 is 2.57 bits per heavy atom. The minimum atomic E-state index is -0.224. The van der Waals surface area contributed by atoms with Gasteiger partial charge in [-0.2, -0.15) is 0 Å². The second-order valence-corrected chi connectivity index (χ2v) is 10.7. The van der Waals surface area contributed by atoms with Crippen LogP contribution in [-0.2, 0) is 18.8 Å². The van der Waals surface area contributed by atoms with Gasteiger partial charge in [-0.3, -0.25) is 19.0 Å². The summed E-state index contributed by atoms with van der Waals surface area (Å²) in [6, 6.07) is 20.0. The zero-order valence-electron chi connectivity index (χ0n) is 23.4. The van der Waals surface area contributed by atoms with E-state index in [0.717, 1.165) is 24.1 Å². The van der Waals surface area contributed by atoms with Gasteiger partial charge in [-0.1, -0.05) is 42.1 Å². The predicted octanol–water partition coefficient (Wildman–Crippen LogP) is 4.96. The molecule has 0 fully saturated rings. The third-order valence-corrected chi connectivity index (χ3v) is 7.87. The average molecular weight is 582 g/mol. The molecule has 1 N–H and O–H groups in total. The molecule has 9 nitrogen and oxygen atoms in total. The Morgan fingerprint density at radius 2 is 1.83 bits per heavy atom. The number of ether oxygens (including phenoxy) is 1. The maximum Gasteiger partial charge on any atom is 0.262 e. The summed E-state index contributed by atoms with van der Waals surface area (Å²) < 4.78 is 9.14. The number of amides is 1. The molecular weight excluding hydrogens is 550 g/mol. The number of hydrogen-bond acceptors (Lipinski definition) is 7. The van der Waals surface area contributed by atoms with E-state index in [1.807, 2.05) is 47.2 Å². The Bertz CT molecular complexity index is 1770. The van der Waals surface area contributed by atoms with Crippen molar-refractivity contribution in [3.63, 3.8) is 0 Å². The molecule has 0 aliphatic heterocycles. The van der Waals surface area contributed by atoms with Gasteiger partial charge in [-0.05, 0) is 55.3 Å². The van der Waals surface area contributed by atoms with Gasteiger partial charge < -0.3 is 14.6 Å². The molecule has 0 aliphatic rings. The van der Waals surface area contributed by atoms with Gasteiger partial charge in [0.2, 0.25) is 0 Å². The van der Waals surface area contributed by atoms with E-state index in [1.54, 1.807) is 54.5 Å². The number of nitrogens with zero attached hydrogens (tertiary/aromatic N) is 4. The van der Waals surface area contributed by atoms with Gasteiger partial charge in [0.25, 0.3) is 11.5 Å². The monoisotopic (exact) mass is 581 g/mol. The molecule has 0 atom stereocenters. The van der Waals surface area contributed by atoms with Crippen LogP contribution in [-0.4, -0.2) is 44.4 Å². The first-order valence-corrected chi connectivity index (χ1v) is 14.5. The van der Waals surface area contributed by atoms with Crippen LogP contribution in [0.4, 0.5) is 0 Å². The van der Waals surface area contributed by atoms with Crippen LogP contribution in [0.1, 0.15) is 45.2 Å². The van der Waals surface area contributed by atoms with E-state index in [1.165, 1.54) is 18.7 Å². The van der Waals surface area contributed by atoms with E-state index in [4.69, 9.17) is 9.72 Å². The number of benzene rings is 3. The molecule has 0 unspecified atom stereocenters. The Morgan fingerprint density at radius 1 is 1.02 bits per heavy atom. The van der Waals surface area contributed by atoms with Gasteiger partial charge in [0.05, 0.1) is 30.9 Å². The molecule has 0 saturated heterocycles. The number of hydrogen-bond donors (Lipinski definition) is 1. The molecule has 5 aromatic rings. The van der Waals surface area contributed by atoms with E-state index in [2.05, 4.69) is 10.3 Å². The number of aryl methyl sites for hydroxylation is 1. The fourth-order valence-electron chi connectivity index (χ4n) is 4.59. The van der Waals surface area contributed by atoms with Crippen molar-refractivity contribution in [3.8, 4) is 5.75 Å². The number of Topliss-reactive ketones (excluding diaryl/α,β-unsaturated/α-hetero) is 1.